The van der Waals surface area contributed by atoms with E-state index in [4.69, 9.17) is 20.3 Å². The van der Waals surface area contributed by atoms with E-state index in [1.54, 1.807) is 36.5 Å². The maximum absolute atomic E-state index is 15.2. The standard InChI is InChI=1S/C26H32FN7O4/c1-16(14-32(2)28)21-13-29-19-6-7-23(30-20-11-18(37-3)12-22(38-4)25(20)27)34(26(19)31-21)15-17-5-8-24(36)33(17)9-10-35/h6-7,11-14,17,35H,5,8-10,15,28H2,1-4H3/b16-14+,30-23?. The topological polar surface area (TPSA) is 131 Å². The molecule has 1 aliphatic rings. The molecule has 0 radical (unpaired) electrons. The number of hydrogen-bond donors (Lipinski definition) is 2. The Bertz CT molecular complexity index is 1440. The van der Waals surface area contributed by atoms with Crippen LogP contribution in [0.2, 0.25) is 0 Å². The van der Waals surface area contributed by atoms with E-state index in [1.165, 1.54) is 31.4 Å². The summed E-state index contributed by atoms with van der Waals surface area (Å²) in [5.74, 6) is 5.51. The molecular formula is C26H32FN7O4. The highest BCUT2D eigenvalue weighted by atomic mass is 19.1. The highest BCUT2D eigenvalue weighted by Gasteiger charge is 2.31. The van der Waals surface area contributed by atoms with Gasteiger partial charge in [-0.2, -0.15) is 0 Å². The van der Waals surface area contributed by atoms with Gasteiger partial charge in [-0.05, 0) is 31.1 Å². The molecular weight excluding hydrogens is 493 g/mol. The molecule has 1 saturated heterocycles. The number of pyridine rings is 1. The Morgan fingerprint density at radius 1 is 1.34 bits per heavy atom. The Morgan fingerprint density at radius 2 is 2.13 bits per heavy atom. The molecule has 38 heavy (non-hydrogen) atoms. The van der Waals surface area contributed by atoms with Crippen LogP contribution in [0, 0.1) is 5.82 Å². The molecule has 0 bridgehead atoms. The number of nitrogens with zero attached hydrogens (tertiary/aromatic N) is 6. The fourth-order valence-electron chi connectivity index (χ4n) is 4.53. The number of allylic oxidation sites excluding steroid dienone is 1. The number of nitrogens with two attached hydrogens (primary N) is 1. The van der Waals surface area contributed by atoms with Crippen molar-refractivity contribution in [3.8, 4) is 11.5 Å². The Balaban J connectivity index is 1.95. The third-order valence-corrected chi connectivity index (χ3v) is 6.38. The van der Waals surface area contributed by atoms with Crippen LogP contribution in [0.4, 0.5) is 10.1 Å². The van der Waals surface area contributed by atoms with Crippen molar-refractivity contribution in [1.82, 2.24) is 24.4 Å². The van der Waals surface area contributed by atoms with Crippen molar-refractivity contribution < 1.29 is 23.8 Å². The number of β-amino-alcohol motifs (C(OH)–C–C–N with tert-alkyl or cyclic N) is 1. The highest BCUT2D eigenvalue weighted by Crippen LogP contribution is 2.32. The van der Waals surface area contributed by atoms with Gasteiger partial charge in [-0.25, -0.2) is 20.2 Å². The molecule has 1 atom stereocenters. The van der Waals surface area contributed by atoms with Gasteiger partial charge in [0.15, 0.2) is 17.2 Å². The molecule has 12 heteroatoms. The first-order valence-electron chi connectivity index (χ1n) is 12.1. The molecule has 1 unspecified atom stereocenters. The number of hydrogen-bond acceptors (Lipinski definition) is 9. The number of hydrazine groups is 1. The van der Waals surface area contributed by atoms with Gasteiger partial charge in [-0.15, -0.1) is 0 Å². The van der Waals surface area contributed by atoms with E-state index < -0.39 is 5.82 Å². The van der Waals surface area contributed by atoms with Gasteiger partial charge in [0.2, 0.25) is 5.91 Å². The Labute approximate surface area is 219 Å². The number of ether oxygens (including phenoxy) is 2. The van der Waals surface area contributed by atoms with Crippen molar-refractivity contribution in [2.45, 2.75) is 32.4 Å². The number of amides is 1. The Morgan fingerprint density at radius 3 is 2.82 bits per heavy atom. The zero-order valence-corrected chi connectivity index (χ0v) is 21.9. The van der Waals surface area contributed by atoms with E-state index >= 15 is 4.39 Å². The van der Waals surface area contributed by atoms with E-state index in [-0.39, 0.29) is 36.5 Å². The van der Waals surface area contributed by atoms with Crippen molar-refractivity contribution in [3.63, 3.8) is 0 Å². The minimum atomic E-state index is -0.637. The van der Waals surface area contributed by atoms with Crippen molar-refractivity contribution in [2.24, 2.45) is 10.8 Å². The number of carbonyl (C=O) groups is 1. The fourth-order valence-corrected chi connectivity index (χ4v) is 4.53. The van der Waals surface area contributed by atoms with Gasteiger partial charge in [0.1, 0.15) is 22.4 Å². The molecule has 3 N–H and O–H groups in total. The van der Waals surface area contributed by atoms with Gasteiger partial charge in [0.05, 0.1) is 38.8 Å². The predicted octanol–water partition coefficient (Wildman–Crippen LogP) is 1.97. The molecule has 0 saturated carbocycles. The zero-order valence-electron chi connectivity index (χ0n) is 21.9. The summed E-state index contributed by atoms with van der Waals surface area (Å²) in [6, 6.07) is 6.21. The number of aliphatic hydroxyl groups excluding tert-OH is 1. The second kappa shape index (κ2) is 11.6. The molecule has 1 fully saturated rings. The van der Waals surface area contributed by atoms with Crippen LogP contribution in [-0.4, -0.2) is 75.9 Å². The van der Waals surface area contributed by atoms with Crippen LogP contribution in [0.5, 0.6) is 11.5 Å². The highest BCUT2D eigenvalue weighted by molar-refractivity contribution is 5.79. The summed E-state index contributed by atoms with van der Waals surface area (Å²) in [6.45, 7) is 2.27. The number of rotatable bonds is 9. The van der Waals surface area contributed by atoms with Crippen LogP contribution >= 0.6 is 0 Å². The lowest BCUT2D eigenvalue weighted by Gasteiger charge is -2.25. The summed E-state index contributed by atoms with van der Waals surface area (Å²) in [5, 5.41) is 10.9. The molecule has 0 spiro atoms. The average molecular weight is 526 g/mol. The van der Waals surface area contributed by atoms with Crippen LogP contribution in [-0.2, 0) is 11.3 Å². The van der Waals surface area contributed by atoms with Gasteiger partial charge >= 0.3 is 0 Å². The third kappa shape index (κ3) is 5.60. The van der Waals surface area contributed by atoms with Crippen molar-refractivity contribution in [1.29, 1.82) is 0 Å². The number of aromatic nitrogens is 3. The first-order valence-corrected chi connectivity index (χ1v) is 12.1. The molecule has 3 heterocycles. The maximum Gasteiger partial charge on any atom is 0.223 e. The Hall–Kier alpha value is -4.03. The fraction of sp³-hybridized carbons (Fsp3) is 0.385. The van der Waals surface area contributed by atoms with Crippen LogP contribution in [0.1, 0.15) is 25.5 Å². The van der Waals surface area contributed by atoms with Gasteiger partial charge in [0.25, 0.3) is 0 Å². The Kier molecular flexibility index (Phi) is 8.23. The summed E-state index contributed by atoms with van der Waals surface area (Å²) in [4.78, 5) is 28.2. The summed E-state index contributed by atoms with van der Waals surface area (Å²) in [5.41, 5.74) is 2.93. The van der Waals surface area contributed by atoms with Crippen LogP contribution in [0.15, 0.2) is 41.7 Å². The van der Waals surface area contributed by atoms with Crippen molar-refractivity contribution in [3.05, 3.63) is 53.7 Å². The molecule has 4 rings (SSSR count). The predicted molar refractivity (Wildman–Crippen MR) is 140 cm³/mol. The molecule has 3 aromatic rings. The number of methoxy groups -OCH3 is 2. The second-order valence-electron chi connectivity index (χ2n) is 9.02. The minimum absolute atomic E-state index is 0.000283. The summed E-state index contributed by atoms with van der Waals surface area (Å²) < 4.78 is 27.5. The van der Waals surface area contributed by atoms with Crippen LogP contribution in [0.25, 0.3) is 16.7 Å². The summed E-state index contributed by atoms with van der Waals surface area (Å²) >= 11 is 0. The number of carbonyl (C=O) groups excluding carboxylic acids is 1. The van der Waals surface area contributed by atoms with E-state index in [0.29, 0.717) is 47.5 Å². The smallest absolute Gasteiger partial charge is 0.223 e. The van der Waals surface area contributed by atoms with E-state index in [9.17, 15) is 9.90 Å². The largest absolute Gasteiger partial charge is 0.497 e. The molecule has 0 aliphatic carbocycles. The number of benzene rings is 1. The number of halogens is 1. The summed E-state index contributed by atoms with van der Waals surface area (Å²) in [7, 11) is 4.56. The van der Waals surface area contributed by atoms with Gasteiger partial charge in [-0.1, -0.05) is 0 Å². The molecule has 1 aliphatic heterocycles. The SMILES string of the molecule is COc1cc(N=c2ccc3ncc(/C(C)=C/N(C)N)nc3n2CC2CCC(=O)N2CCO)c(F)c(OC)c1. The van der Waals surface area contributed by atoms with Crippen molar-refractivity contribution >= 4 is 28.3 Å². The van der Waals surface area contributed by atoms with Gasteiger partial charge < -0.3 is 29.1 Å². The average Bonchev–Trinajstić information content (AvgIpc) is 3.24. The normalized spacial score (nSPS) is 16.4. The van der Waals surface area contributed by atoms with E-state index in [2.05, 4.69) is 9.98 Å². The number of aliphatic hydroxyl groups is 1. The first-order chi connectivity index (χ1) is 18.2. The van der Waals surface area contributed by atoms with Gasteiger partial charge in [0, 0.05) is 44.9 Å². The third-order valence-electron chi connectivity index (χ3n) is 6.38. The zero-order chi connectivity index (χ0) is 27.4. The van der Waals surface area contributed by atoms with Gasteiger partial charge in [-0.3, -0.25) is 9.78 Å². The van der Waals surface area contributed by atoms with Crippen LogP contribution < -0.4 is 20.8 Å². The molecule has 1 amide bonds. The molecule has 1 aromatic carbocycles. The lowest BCUT2D eigenvalue weighted by Crippen LogP contribution is -2.40. The second-order valence-corrected chi connectivity index (χ2v) is 9.02. The lowest BCUT2D eigenvalue weighted by atomic mass is 10.2. The molecule has 202 valence electrons. The first kappa shape index (κ1) is 27.0. The van der Waals surface area contributed by atoms with Crippen LogP contribution in [0.3, 0.4) is 0 Å². The minimum Gasteiger partial charge on any atom is -0.497 e. The molecule has 2 aromatic heterocycles. The molecule has 11 nitrogen and oxygen atoms in total. The summed E-state index contributed by atoms with van der Waals surface area (Å²) in [6.07, 6.45) is 4.37. The van der Waals surface area contributed by atoms with E-state index in [0.717, 1.165) is 5.57 Å². The monoisotopic (exact) mass is 525 g/mol. The van der Waals surface area contributed by atoms with Crippen molar-refractivity contribution in [2.75, 3.05) is 34.4 Å². The number of fused-ring (bicyclic) bond motifs is 1. The van der Waals surface area contributed by atoms with E-state index in [1.807, 2.05) is 11.5 Å². The quantitative estimate of drug-likeness (QED) is 0.320. The number of likely N-dealkylation sites (tertiary alicyclic amines) is 1. The maximum atomic E-state index is 15.2. The lowest BCUT2D eigenvalue weighted by molar-refractivity contribution is -0.129.